The van der Waals surface area contributed by atoms with Gasteiger partial charge in [0, 0.05) is 22.0 Å². The average Bonchev–Trinajstić information content (AvgIpc) is 2.72. The monoisotopic (exact) mass is 347 g/mol. The van der Waals surface area contributed by atoms with Crippen molar-refractivity contribution in [2.24, 2.45) is 4.99 Å². The zero-order valence-electron chi connectivity index (χ0n) is 12.0. The van der Waals surface area contributed by atoms with Gasteiger partial charge >= 0.3 is 0 Å². The van der Waals surface area contributed by atoms with Crippen molar-refractivity contribution in [3.05, 3.63) is 99.5 Å². The van der Waals surface area contributed by atoms with Crippen LogP contribution in [0.15, 0.2) is 82.3 Å². The fraction of sp³-hybridized carbons (Fsp3) is 0.0500. The molecule has 3 aromatic carbocycles. The number of benzene rings is 3. The number of fused-ring (bicyclic) bond motifs is 2. The largest absolute Gasteiger partial charge is 0.247 e. The van der Waals surface area contributed by atoms with E-state index in [2.05, 4.69) is 82.7 Å². The first-order chi connectivity index (χ1) is 10.8. The van der Waals surface area contributed by atoms with Crippen LogP contribution in [0.1, 0.15) is 22.3 Å². The molecule has 3 aromatic rings. The molecule has 0 fully saturated rings. The van der Waals surface area contributed by atoms with Gasteiger partial charge in [0.15, 0.2) is 0 Å². The van der Waals surface area contributed by atoms with Crippen molar-refractivity contribution in [2.75, 3.05) is 0 Å². The van der Waals surface area contributed by atoms with Crippen molar-refractivity contribution in [3.8, 4) is 0 Å². The highest BCUT2D eigenvalue weighted by Crippen LogP contribution is 2.32. The maximum atomic E-state index is 4.99. The maximum absolute atomic E-state index is 4.99. The van der Waals surface area contributed by atoms with Crippen LogP contribution < -0.4 is 0 Å². The lowest BCUT2D eigenvalue weighted by Crippen LogP contribution is -2.05. The molecule has 0 bridgehead atoms. The van der Waals surface area contributed by atoms with E-state index < -0.39 is 0 Å². The number of nitrogens with zero attached hydrogens (tertiary/aromatic N) is 1. The van der Waals surface area contributed by atoms with E-state index in [1.54, 1.807) is 0 Å². The standard InChI is InChI=1S/C20H14BrN/c21-17-10-11-19-16(13-17)12-15-8-4-5-9-18(15)20(22-19)14-6-2-1-3-7-14/h1-11,13H,12H2. The summed E-state index contributed by atoms with van der Waals surface area (Å²) in [5, 5.41) is 0. The van der Waals surface area contributed by atoms with E-state index in [-0.39, 0.29) is 0 Å². The van der Waals surface area contributed by atoms with Crippen LogP contribution >= 0.6 is 15.9 Å². The Morgan fingerprint density at radius 1 is 0.773 bits per heavy atom. The van der Waals surface area contributed by atoms with Crippen LogP contribution in [0.5, 0.6) is 0 Å². The van der Waals surface area contributed by atoms with Crippen LogP contribution in [-0.4, -0.2) is 5.71 Å². The maximum Gasteiger partial charge on any atom is 0.0784 e. The van der Waals surface area contributed by atoms with Gasteiger partial charge in [-0.1, -0.05) is 70.5 Å². The van der Waals surface area contributed by atoms with Crippen molar-refractivity contribution in [1.82, 2.24) is 0 Å². The van der Waals surface area contributed by atoms with Crippen molar-refractivity contribution >= 4 is 27.3 Å². The van der Waals surface area contributed by atoms with Gasteiger partial charge in [0.05, 0.1) is 11.4 Å². The van der Waals surface area contributed by atoms with Crippen molar-refractivity contribution in [3.63, 3.8) is 0 Å². The van der Waals surface area contributed by atoms with Gasteiger partial charge in [0.25, 0.3) is 0 Å². The Morgan fingerprint density at radius 3 is 2.41 bits per heavy atom. The highest BCUT2D eigenvalue weighted by molar-refractivity contribution is 9.10. The van der Waals surface area contributed by atoms with Crippen LogP contribution in [0.2, 0.25) is 0 Å². The molecule has 1 aliphatic heterocycles. The van der Waals surface area contributed by atoms with Gasteiger partial charge in [0.2, 0.25) is 0 Å². The van der Waals surface area contributed by atoms with E-state index in [4.69, 9.17) is 4.99 Å². The number of hydrogen-bond acceptors (Lipinski definition) is 1. The molecule has 4 rings (SSSR count). The minimum Gasteiger partial charge on any atom is -0.247 e. The first-order valence-corrected chi connectivity index (χ1v) is 8.11. The smallest absolute Gasteiger partial charge is 0.0784 e. The van der Waals surface area contributed by atoms with Crippen LogP contribution in [0.25, 0.3) is 0 Å². The molecule has 0 N–H and O–H groups in total. The third kappa shape index (κ3) is 2.40. The molecule has 2 heteroatoms. The molecule has 0 saturated heterocycles. The van der Waals surface area contributed by atoms with Crippen LogP contribution in [0, 0.1) is 0 Å². The first-order valence-electron chi connectivity index (χ1n) is 7.32. The number of hydrogen-bond donors (Lipinski definition) is 0. The SMILES string of the molecule is Brc1ccc2c(c1)Cc1ccccc1C(c1ccccc1)=N2. The molecule has 0 aliphatic carbocycles. The lowest BCUT2D eigenvalue weighted by atomic mass is 9.95. The molecule has 106 valence electrons. The summed E-state index contributed by atoms with van der Waals surface area (Å²) in [4.78, 5) is 4.99. The Morgan fingerprint density at radius 2 is 1.55 bits per heavy atom. The van der Waals surface area contributed by atoms with Gasteiger partial charge < -0.3 is 0 Å². The lowest BCUT2D eigenvalue weighted by Gasteiger charge is -2.09. The van der Waals surface area contributed by atoms with Crippen molar-refractivity contribution in [1.29, 1.82) is 0 Å². The second-order valence-corrected chi connectivity index (χ2v) is 6.35. The molecule has 1 nitrogen and oxygen atoms in total. The third-order valence-corrected chi connectivity index (χ3v) is 4.47. The molecule has 22 heavy (non-hydrogen) atoms. The Balaban J connectivity index is 2.00. The third-order valence-electron chi connectivity index (χ3n) is 3.97. The topological polar surface area (TPSA) is 12.4 Å². The lowest BCUT2D eigenvalue weighted by molar-refractivity contribution is 1.19. The average molecular weight is 348 g/mol. The zero-order valence-corrected chi connectivity index (χ0v) is 13.5. The van der Waals surface area contributed by atoms with Gasteiger partial charge in [0.1, 0.15) is 0 Å². The second kappa shape index (κ2) is 5.54. The summed E-state index contributed by atoms with van der Waals surface area (Å²) in [6, 6.07) is 25.3. The summed E-state index contributed by atoms with van der Waals surface area (Å²) in [6.45, 7) is 0. The van der Waals surface area contributed by atoms with E-state index in [1.165, 1.54) is 16.7 Å². The second-order valence-electron chi connectivity index (χ2n) is 5.43. The van der Waals surface area contributed by atoms with Gasteiger partial charge in [-0.05, 0) is 29.3 Å². The molecule has 0 radical (unpaired) electrons. The molecule has 1 heterocycles. The quantitative estimate of drug-likeness (QED) is 0.429. The van der Waals surface area contributed by atoms with Crippen molar-refractivity contribution in [2.45, 2.75) is 6.42 Å². The van der Waals surface area contributed by atoms with Gasteiger partial charge in [-0.25, -0.2) is 4.99 Å². The molecule has 0 amide bonds. The molecule has 0 spiro atoms. The minimum absolute atomic E-state index is 0.908. The molecule has 1 aliphatic rings. The molecular formula is C20H14BrN. The highest BCUT2D eigenvalue weighted by Gasteiger charge is 2.17. The normalized spacial score (nSPS) is 12.9. The molecule has 0 unspecified atom stereocenters. The van der Waals surface area contributed by atoms with Crippen LogP contribution in [0.3, 0.4) is 0 Å². The number of halogens is 1. The first kappa shape index (κ1) is 13.5. The Labute approximate surface area is 138 Å². The Kier molecular flexibility index (Phi) is 3.39. The summed E-state index contributed by atoms with van der Waals surface area (Å²) in [5.41, 5.74) is 7.07. The van der Waals surface area contributed by atoms with E-state index in [9.17, 15) is 0 Å². The van der Waals surface area contributed by atoms with E-state index in [0.717, 1.165) is 27.9 Å². The summed E-state index contributed by atoms with van der Waals surface area (Å²) in [5.74, 6) is 0. The Bertz CT molecular complexity index is 866. The van der Waals surface area contributed by atoms with Crippen LogP contribution in [-0.2, 0) is 6.42 Å². The van der Waals surface area contributed by atoms with E-state index in [0.29, 0.717) is 0 Å². The summed E-state index contributed by atoms with van der Waals surface area (Å²) in [7, 11) is 0. The minimum atomic E-state index is 0.908. The zero-order chi connectivity index (χ0) is 14.9. The Hall–Kier alpha value is -2.19. The molecule has 0 aromatic heterocycles. The van der Waals surface area contributed by atoms with Gasteiger partial charge in [-0.2, -0.15) is 0 Å². The van der Waals surface area contributed by atoms with Crippen molar-refractivity contribution < 1.29 is 0 Å². The molecule has 0 saturated carbocycles. The number of aliphatic imine (C=N–C) groups is 1. The molecule has 0 atom stereocenters. The summed E-state index contributed by atoms with van der Waals surface area (Å²) < 4.78 is 1.10. The van der Waals surface area contributed by atoms with E-state index in [1.807, 2.05) is 6.07 Å². The highest BCUT2D eigenvalue weighted by atomic mass is 79.9. The van der Waals surface area contributed by atoms with Gasteiger partial charge in [-0.15, -0.1) is 0 Å². The number of rotatable bonds is 1. The molecular weight excluding hydrogens is 334 g/mol. The van der Waals surface area contributed by atoms with Crippen LogP contribution in [0.4, 0.5) is 5.69 Å². The summed E-state index contributed by atoms with van der Waals surface area (Å²) >= 11 is 3.57. The van der Waals surface area contributed by atoms with Gasteiger partial charge in [-0.3, -0.25) is 0 Å². The predicted molar refractivity (Wildman–Crippen MR) is 95.1 cm³/mol. The summed E-state index contributed by atoms with van der Waals surface area (Å²) in [6.07, 6.45) is 0.908. The fourth-order valence-corrected chi connectivity index (χ4v) is 3.32. The predicted octanol–water partition coefficient (Wildman–Crippen LogP) is 5.52. The van der Waals surface area contributed by atoms with E-state index >= 15 is 0 Å². The fourth-order valence-electron chi connectivity index (χ4n) is 2.91.